The molecule has 0 aliphatic carbocycles. The van der Waals surface area contributed by atoms with Gasteiger partial charge in [-0.25, -0.2) is 0 Å². The highest BCUT2D eigenvalue weighted by molar-refractivity contribution is 6.37. The molecule has 0 atom stereocenters. The molecule has 2 aromatic rings. The number of anilines is 1. The topological polar surface area (TPSA) is 58.6 Å². The molecule has 0 unspecified atom stereocenters. The SMILES string of the molecule is O=C(Nc1ccccc1C(=O)N1CCOCC1)c1ccc(Cl)cc1Cl. The van der Waals surface area contributed by atoms with Crippen molar-refractivity contribution in [3.8, 4) is 0 Å². The third-order valence-corrected chi connectivity index (χ3v) is 4.43. The third-order valence-electron chi connectivity index (χ3n) is 3.88. The van der Waals surface area contributed by atoms with Gasteiger partial charge in [0.15, 0.2) is 0 Å². The molecular weight excluding hydrogens is 363 g/mol. The van der Waals surface area contributed by atoms with E-state index in [-0.39, 0.29) is 10.9 Å². The fraction of sp³-hybridized carbons (Fsp3) is 0.222. The normalized spacial score (nSPS) is 14.2. The number of para-hydroxylation sites is 1. The summed E-state index contributed by atoms with van der Waals surface area (Å²) in [5.74, 6) is -0.537. The van der Waals surface area contributed by atoms with E-state index in [2.05, 4.69) is 5.32 Å². The average molecular weight is 379 g/mol. The van der Waals surface area contributed by atoms with Crippen LogP contribution in [0.2, 0.25) is 10.0 Å². The first-order valence-corrected chi connectivity index (χ1v) is 8.54. The number of hydrogen-bond donors (Lipinski definition) is 1. The maximum atomic E-state index is 12.7. The second-order valence-electron chi connectivity index (χ2n) is 5.53. The van der Waals surface area contributed by atoms with Crippen LogP contribution in [0.4, 0.5) is 5.69 Å². The number of carbonyl (C=O) groups is 2. The zero-order valence-electron chi connectivity index (χ0n) is 13.3. The van der Waals surface area contributed by atoms with Gasteiger partial charge in [0.1, 0.15) is 0 Å². The third kappa shape index (κ3) is 4.12. The summed E-state index contributed by atoms with van der Waals surface area (Å²) in [6, 6.07) is 11.5. The second-order valence-corrected chi connectivity index (χ2v) is 6.37. The first-order valence-electron chi connectivity index (χ1n) is 7.79. The Morgan fingerprint density at radius 1 is 1.00 bits per heavy atom. The quantitative estimate of drug-likeness (QED) is 0.885. The molecule has 1 N–H and O–H groups in total. The van der Waals surface area contributed by atoms with Crippen molar-refractivity contribution in [3.05, 3.63) is 63.6 Å². The molecule has 1 saturated heterocycles. The van der Waals surface area contributed by atoms with Crippen molar-refractivity contribution < 1.29 is 14.3 Å². The van der Waals surface area contributed by atoms with E-state index in [9.17, 15) is 9.59 Å². The largest absolute Gasteiger partial charge is 0.378 e. The van der Waals surface area contributed by atoms with E-state index in [0.29, 0.717) is 48.1 Å². The average Bonchev–Trinajstić information content (AvgIpc) is 2.62. The highest BCUT2D eigenvalue weighted by Gasteiger charge is 2.22. The Morgan fingerprint density at radius 2 is 1.72 bits per heavy atom. The number of hydrogen-bond acceptors (Lipinski definition) is 3. The molecule has 3 rings (SSSR count). The molecule has 0 aromatic heterocycles. The smallest absolute Gasteiger partial charge is 0.257 e. The highest BCUT2D eigenvalue weighted by atomic mass is 35.5. The van der Waals surface area contributed by atoms with Crippen LogP contribution in [0.1, 0.15) is 20.7 Å². The highest BCUT2D eigenvalue weighted by Crippen LogP contribution is 2.24. The summed E-state index contributed by atoms with van der Waals surface area (Å²) in [6.07, 6.45) is 0. The molecular formula is C18H16Cl2N2O3. The summed E-state index contributed by atoms with van der Waals surface area (Å²) in [5, 5.41) is 3.46. The van der Waals surface area contributed by atoms with Gasteiger partial charge in [0, 0.05) is 18.1 Å². The lowest BCUT2D eigenvalue weighted by atomic mass is 10.1. The summed E-state index contributed by atoms with van der Waals surface area (Å²) < 4.78 is 5.27. The van der Waals surface area contributed by atoms with Crippen LogP contribution in [0.25, 0.3) is 0 Å². The van der Waals surface area contributed by atoms with Crippen molar-refractivity contribution >= 4 is 40.7 Å². The van der Waals surface area contributed by atoms with Gasteiger partial charge in [-0.15, -0.1) is 0 Å². The Hall–Kier alpha value is -2.08. The lowest BCUT2D eigenvalue weighted by molar-refractivity contribution is 0.0303. The molecule has 2 aromatic carbocycles. The fourth-order valence-electron chi connectivity index (χ4n) is 2.58. The van der Waals surface area contributed by atoms with Crippen LogP contribution in [-0.2, 0) is 4.74 Å². The van der Waals surface area contributed by atoms with Gasteiger partial charge in [-0.05, 0) is 30.3 Å². The molecule has 7 heteroatoms. The maximum Gasteiger partial charge on any atom is 0.257 e. The first-order chi connectivity index (χ1) is 12.1. The lowest BCUT2D eigenvalue weighted by Crippen LogP contribution is -2.41. The number of nitrogens with zero attached hydrogens (tertiary/aromatic N) is 1. The Balaban J connectivity index is 1.83. The van der Waals surface area contributed by atoms with E-state index < -0.39 is 5.91 Å². The van der Waals surface area contributed by atoms with Gasteiger partial charge in [0.05, 0.1) is 35.1 Å². The number of ether oxygens (including phenoxy) is 1. The molecule has 1 aliphatic heterocycles. The number of halogens is 2. The van der Waals surface area contributed by atoms with Crippen molar-refractivity contribution in [3.63, 3.8) is 0 Å². The summed E-state index contributed by atoms with van der Waals surface area (Å²) in [4.78, 5) is 27.0. The minimum atomic E-state index is -0.399. The Bertz CT molecular complexity index is 805. The molecule has 0 spiro atoms. The van der Waals surface area contributed by atoms with Crippen molar-refractivity contribution in [1.82, 2.24) is 4.90 Å². The number of carbonyl (C=O) groups excluding carboxylic acids is 2. The molecule has 2 amide bonds. The number of rotatable bonds is 3. The van der Waals surface area contributed by atoms with Gasteiger partial charge in [-0.1, -0.05) is 35.3 Å². The number of nitrogens with one attached hydrogen (secondary N) is 1. The summed E-state index contributed by atoms with van der Waals surface area (Å²) in [5.41, 5.74) is 1.16. The Labute approximate surface area is 155 Å². The minimum Gasteiger partial charge on any atom is -0.378 e. The van der Waals surface area contributed by atoms with E-state index in [0.717, 1.165) is 0 Å². The van der Waals surface area contributed by atoms with Crippen molar-refractivity contribution in [2.24, 2.45) is 0 Å². The van der Waals surface area contributed by atoms with Crippen LogP contribution in [0, 0.1) is 0 Å². The van der Waals surface area contributed by atoms with Crippen LogP contribution in [0.3, 0.4) is 0 Å². The molecule has 130 valence electrons. The molecule has 1 fully saturated rings. The van der Waals surface area contributed by atoms with Crippen LogP contribution < -0.4 is 5.32 Å². The molecule has 5 nitrogen and oxygen atoms in total. The predicted molar refractivity (Wildman–Crippen MR) is 97.6 cm³/mol. The van der Waals surface area contributed by atoms with E-state index in [1.807, 2.05) is 0 Å². The molecule has 0 bridgehead atoms. The Kier molecular flexibility index (Phi) is 5.58. The standard InChI is InChI=1S/C18H16Cl2N2O3/c19-12-5-6-13(15(20)11-12)17(23)21-16-4-2-1-3-14(16)18(24)22-7-9-25-10-8-22/h1-6,11H,7-10H2,(H,21,23). The van der Waals surface area contributed by atoms with Gasteiger partial charge in [0.25, 0.3) is 11.8 Å². The van der Waals surface area contributed by atoms with Gasteiger partial charge in [-0.2, -0.15) is 0 Å². The van der Waals surface area contributed by atoms with E-state index in [1.165, 1.54) is 6.07 Å². The first kappa shape index (κ1) is 17.7. The second kappa shape index (κ2) is 7.87. The van der Waals surface area contributed by atoms with Crippen molar-refractivity contribution in [1.29, 1.82) is 0 Å². The van der Waals surface area contributed by atoms with Gasteiger partial charge in [0.2, 0.25) is 0 Å². The van der Waals surface area contributed by atoms with E-state index in [4.69, 9.17) is 27.9 Å². The monoisotopic (exact) mass is 378 g/mol. The van der Waals surface area contributed by atoms with Crippen LogP contribution >= 0.6 is 23.2 Å². The number of amides is 2. The van der Waals surface area contributed by atoms with Crippen molar-refractivity contribution in [2.75, 3.05) is 31.6 Å². The van der Waals surface area contributed by atoms with Crippen LogP contribution in [0.5, 0.6) is 0 Å². The summed E-state index contributed by atoms with van der Waals surface area (Å²) >= 11 is 11.9. The van der Waals surface area contributed by atoms with E-state index >= 15 is 0 Å². The maximum absolute atomic E-state index is 12.7. The predicted octanol–water partition coefficient (Wildman–Crippen LogP) is 3.72. The lowest BCUT2D eigenvalue weighted by Gasteiger charge is -2.27. The zero-order chi connectivity index (χ0) is 17.8. The van der Waals surface area contributed by atoms with Gasteiger partial charge >= 0.3 is 0 Å². The van der Waals surface area contributed by atoms with Gasteiger partial charge in [-0.3, -0.25) is 9.59 Å². The van der Waals surface area contributed by atoms with E-state index in [1.54, 1.807) is 41.3 Å². The number of benzene rings is 2. The van der Waals surface area contributed by atoms with Gasteiger partial charge < -0.3 is 15.0 Å². The fourth-order valence-corrected chi connectivity index (χ4v) is 3.07. The minimum absolute atomic E-state index is 0.138. The molecule has 1 heterocycles. The molecule has 0 radical (unpaired) electrons. The molecule has 0 saturated carbocycles. The van der Waals surface area contributed by atoms with Crippen molar-refractivity contribution in [2.45, 2.75) is 0 Å². The Morgan fingerprint density at radius 3 is 2.44 bits per heavy atom. The molecule has 25 heavy (non-hydrogen) atoms. The summed E-state index contributed by atoms with van der Waals surface area (Å²) in [6.45, 7) is 2.09. The summed E-state index contributed by atoms with van der Waals surface area (Å²) in [7, 11) is 0. The van der Waals surface area contributed by atoms with Crippen LogP contribution in [0.15, 0.2) is 42.5 Å². The zero-order valence-corrected chi connectivity index (χ0v) is 14.8. The molecule has 1 aliphatic rings. The van der Waals surface area contributed by atoms with Crippen LogP contribution in [-0.4, -0.2) is 43.0 Å². The number of morpholine rings is 1.